The number of hydrogen-bond donors (Lipinski definition) is 2. The summed E-state index contributed by atoms with van der Waals surface area (Å²) in [4.78, 5) is 20.5. The number of aromatic nitrogens is 4. The van der Waals surface area contributed by atoms with Crippen LogP contribution < -0.4 is 5.32 Å². The molecule has 2 aromatic heterocycles. The second-order valence-corrected chi connectivity index (χ2v) is 6.89. The molecule has 0 aliphatic heterocycles. The lowest BCUT2D eigenvalue weighted by Crippen LogP contribution is -2.07. The predicted molar refractivity (Wildman–Crippen MR) is 119 cm³/mol. The molecule has 0 atom stereocenters. The summed E-state index contributed by atoms with van der Waals surface area (Å²) < 4.78 is 1.76. The van der Waals surface area contributed by atoms with Crippen LogP contribution in [0.25, 0.3) is 27.8 Å². The average molecular weight is 407 g/mol. The maximum Gasteiger partial charge on any atom is 0.337 e. The molecule has 0 amide bonds. The molecule has 0 unspecified atom stereocenters. The van der Waals surface area contributed by atoms with Gasteiger partial charge < -0.3 is 10.4 Å². The van der Waals surface area contributed by atoms with Crippen LogP contribution in [0.2, 0.25) is 0 Å². The smallest absolute Gasteiger partial charge is 0.337 e. The van der Waals surface area contributed by atoms with Gasteiger partial charge in [0.15, 0.2) is 0 Å². The zero-order valence-corrected chi connectivity index (χ0v) is 16.3. The lowest BCUT2D eigenvalue weighted by atomic mass is 10.1. The number of anilines is 2. The highest BCUT2D eigenvalue weighted by atomic mass is 16.4. The van der Waals surface area contributed by atoms with Crippen LogP contribution in [0, 0.1) is 0 Å². The van der Waals surface area contributed by atoms with Crippen molar-refractivity contribution in [3.05, 3.63) is 97.0 Å². The van der Waals surface area contributed by atoms with Gasteiger partial charge in [-0.3, -0.25) is 9.97 Å². The fraction of sp³-hybridized carbons (Fsp3) is 0. The van der Waals surface area contributed by atoms with Gasteiger partial charge in [0.2, 0.25) is 0 Å². The second kappa shape index (κ2) is 7.72. The first-order valence-electron chi connectivity index (χ1n) is 9.64. The topological polar surface area (TPSA) is 92.9 Å². The van der Waals surface area contributed by atoms with E-state index in [2.05, 4.69) is 20.4 Å². The Bertz CT molecular complexity index is 1400. The molecule has 0 fully saturated rings. The molecule has 2 heterocycles. The third kappa shape index (κ3) is 3.49. The Kier molecular flexibility index (Phi) is 4.61. The van der Waals surface area contributed by atoms with Crippen LogP contribution in [0.4, 0.5) is 11.5 Å². The summed E-state index contributed by atoms with van der Waals surface area (Å²) in [6.07, 6.45) is 5.07. The van der Waals surface area contributed by atoms with Crippen LogP contribution >= 0.6 is 0 Å². The Morgan fingerprint density at radius 1 is 0.871 bits per heavy atom. The fourth-order valence-electron chi connectivity index (χ4n) is 3.48. The van der Waals surface area contributed by atoms with E-state index in [9.17, 15) is 9.90 Å². The van der Waals surface area contributed by atoms with Crippen molar-refractivity contribution in [1.82, 2.24) is 19.7 Å². The van der Waals surface area contributed by atoms with Crippen molar-refractivity contribution in [3.63, 3.8) is 0 Å². The second-order valence-electron chi connectivity index (χ2n) is 6.89. The Labute approximate surface area is 177 Å². The third-order valence-corrected chi connectivity index (χ3v) is 4.96. The molecule has 150 valence electrons. The molecule has 5 rings (SSSR count). The number of nitrogens with one attached hydrogen (secondary N) is 1. The number of carboxylic acid groups (broad SMARTS) is 1. The summed E-state index contributed by atoms with van der Waals surface area (Å²) in [5, 5.41) is 17.5. The molecule has 0 spiro atoms. The molecule has 0 saturated carbocycles. The molecule has 0 radical (unpaired) electrons. The Hall–Kier alpha value is -4.52. The van der Waals surface area contributed by atoms with Gasteiger partial charge in [0.1, 0.15) is 5.82 Å². The molecule has 5 aromatic rings. The molecule has 31 heavy (non-hydrogen) atoms. The van der Waals surface area contributed by atoms with Gasteiger partial charge in [0.05, 0.1) is 34.2 Å². The van der Waals surface area contributed by atoms with E-state index < -0.39 is 5.97 Å². The third-order valence-electron chi connectivity index (χ3n) is 4.96. The van der Waals surface area contributed by atoms with E-state index >= 15 is 0 Å². The quantitative estimate of drug-likeness (QED) is 0.429. The van der Waals surface area contributed by atoms with Crippen LogP contribution in [-0.2, 0) is 0 Å². The highest BCUT2D eigenvalue weighted by Gasteiger charge is 2.18. The summed E-state index contributed by atoms with van der Waals surface area (Å²) in [5.74, 6) is -0.348. The molecule has 2 N–H and O–H groups in total. The Morgan fingerprint density at radius 3 is 2.42 bits per heavy atom. The number of carbonyl (C=O) groups is 1. The lowest BCUT2D eigenvalue weighted by molar-refractivity contribution is 0.0698. The van der Waals surface area contributed by atoms with Crippen LogP contribution in [0.5, 0.6) is 0 Å². The van der Waals surface area contributed by atoms with Crippen molar-refractivity contribution in [2.24, 2.45) is 0 Å². The zero-order chi connectivity index (χ0) is 21.2. The summed E-state index contributed by atoms with van der Waals surface area (Å²) >= 11 is 0. The first-order valence-corrected chi connectivity index (χ1v) is 9.64. The fourth-order valence-corrected chi connectivity index (χ4v) is 3.48. The van der Waals surface area contributed by atoms with Gasteiger partial charge >= 0.3 is 5.97 Å². The van der Waals surface area contributed by atoms with Crippen molar-refractivity contribution < 1.29 is 9.90 Å². The van der Waals surface area contributed by atoms with Gasteiger partial charge in [0, 0.05) is 18.0 Å². The van der Waals surface area contributed by atoms with Gasteiger partial charge in [-0.15, -0.1) is 0 Å². The Balaban J connectivity index is 1.69. The zero-order valence-electron chi connectivity index (χ0n) is 16.3. The van der Waals surface area contributed by atoms with E-state index in [0.717, 1.165) is 27.8 Å². The largest absolute Gasteiger partial charge is 0.478 e. The number of carboxylic acids is 1. The van der Waals surface area contributed by atoms with E-state index in [-0.39, 0.29) is 5.56 Å². The van der Waals surface area contributed by atoms with Crippen LogP contribution in [0.1, 0.15) is 10.4 Å². The molecule has 7 heteroatoms. The van der Waals surface area contributed by atoms with Crippen molar-refractivity contribution in [2.45, 2.75) is 0 Å². The maximum atomic E-state index is 11.7. The standard InChI is InChI=1S/C24H17N5O2/c30-24(31)18-8-4-5-9-20(18)28-23-19(15-27-29(23)17-6-2-1-3-7-17)16-10-11-21-22(14-16)26-13-12-25-21/h1-15,28H,(H,30,31). The van der Waals surface area contributed by atoms with Crippen molar-refractivity contribution in [2.75, 3.05) is 5.32 Å². The van der Waals surface area contributed by atoms with E-state index in [4.69, 9.17) is 0 Å². The summed E-state index contributed by atoms with van der Waals surface area (Å²) in [6, 6.07) is 22.3. The van der Waals surface area contributed by atoms with Gasteiger partial charge in [-0.1, -0.05) is 36.4 Å². The van der Waals surface area contributed by atoms with E-state index in [1.54, 1.807) is 47.5 Å². The van der Waals surface area contributed by atoms with E-state index in [0.29, 0.717) is 11.5 Å². The van der Waals surface area contributed by atoms with Gasteiger partial charge in [-0.25, -0.2) is 9.48 Å². The number of para-hydroxylation sites is 2. The molecule has 0 aliphatic carbocycles. The molecule has 7 nitrogen and oxygen atoms in total. The lowest BCUT2D eigenvalue weighted by Gasteiger charge is -2.14. The minimum absolute atomic E-state index is 0.179. The van der Waals surface area contributed by atoms with Crippen LogP contribution in [0.15, 0.2) is 91.4 Å². The van der Waals surface area contributed by atoms with Crippen molar-refractivity contribution in [3.8, 4) is 16.8 Å². The number of nitrogens with zero attached hydrogens (tertiary/aromatic N) is 4. The molecular weight excluding hydrogens is 390 g/mol. The number of benzene rings is 3. The predicted octanol–water partition coefficient (Wildman–Crippen LogP) is 4.92. The summed E-state index contributed by atoms with van der Waals surface area (Å²) in [5.41, 5.74) is 4.79. The number of hydrogen-bond acceptors (Lipinski definition) is 5. The molecule has 0 saturated heterocycles. The normalized spacial score (nSPS) is 10.8. The Morgan fingerprint density at radius 2 is 1.61 bits per heavy atom. The van der Waals surface area contributed by atoms with Crippen molar-refractivity contribution >= 4 is 28.5 Å². The number of rotatable bonds is 5. The monoisotopic (exact) mass is 407 g/mol. The molecular formula is C24H17N5O2. The van der Waals surface area contributed by atoms with E-state index in [1.807, 2.05) is 48.5 Å². The summed E-state index contributed by atoms with van der Waals surface area (Å²) in [6.45, 7) is 0. The average Bonchev–Trinajstić information content (AvgIpc) is 3.23. The first-order chi connectivity index (χ1) is 15.2. The molecule has 3 aromatic carbocycles. The van der Waals surface area contributed by atoms with Gasteiger partial charge in [-0.05, 0) is 42.0 Å². The number of fused-ring (bicyclic) bond motifs is 1. The summed E-state index contributed by atoms with van der Waals surface area (Å²) in [7, 11) is 0. The molecule has 0 bridgehead atoms. The molecule has 0 aliphatic rings. The van der Waals surface area contributed by atoms with Gasteiger partial charge in [0.25, 0.3) is 0 Å². The highest BCUT2D eigenvalue weighted by molar-refractivity contribution is 5.96. The highest BCUT2D eigenvalue weighted by Crippen LogP contribution is 2.34. The van der Waals surface area contributed by atoms with E-state index in [1.165, 1.54) is 0 Å². The minimum Gasteiger partial charge on any atom is -0.478 e. The number of aromatic carboxylic acids is 1. The van der Waals surface area contributed by atoms with Gasteiger partial charge in [-0.2, -0.15) is 5.10 Å². The van der Waals surface area contributed by atoms with Crippen LogP contribution in [0.3, 0.4) is 0 Å². The van der Waals surface area contributed by atoms with Crippen LogP contribution in [-0.4, -0.2) is 30.8 Å². The first kappa shape index (κ1) is 18.5. The SMILES string of the molecule is O=C(O)c1ccccc1Nc1c(-c2ccc3nccnc3c2)cnn1-c1ccccc1. The van der Waals surface area contributed by atoms with Crippen molar-refractivity contribution in [1.29, 1.82) is 0 Å². The maximum absolute atomic E-state index is 11.7. The minimum atomic E-state index is -1.00.